The Morgan fingerprint density at radius 3 is 2.70 bits per heavy atom. The van der Waals surface area contributed by atoms with E-state index in [1.54, 1.807) is 30.5 Å². The minimum absolute atomic E-state index is 0.409. The summed E-state index contributed by atoms with van der Waals surface area (Å²) in [6.45, 7) is 3.58. The molecule has 2 rings (SSSR count). The maximum atomic E-state index is 11.9. The van der Waals surface area contributed by atoms with Gasteiger partial charge in [-0.1, -0.05) is 19.1 Å². The van der Waals surface area contributed by atoms with E-state index in [2.05, 4.69) is 40.1 Å². The van der Waals surface area contributed by atoms with Gasteiger partial charge >= 0.3 is 5.97 Å². The summed E-state index contributed by atoms with van der Waals surface area (Å²) in [5.74, 6) is 1.30. The van der Waals surface area contributed by atoms with Crippen LogP contribution >= 0.6 is 11.3 Å². The van der Waals surface area contributed by atoms with Crippen LogP contribution in [0.3, 0.4) is 0 Å². The van der Waals surface area contributed by atoms with Crippen molar-refractivity contribution in [1.82, 2.24) is 10.6 Å². The second-order valence-corrected chi connectivity index (χ2v) is 7.25. The van der Waals surface area contributed by atoms with Crippen LogP contribution in [0.2, 0.25) is 0 Å². The number of aliphatic imine (C=N–C) groups is 1. The van der Waals surface area contributed by atoms with Gasteiger partial charge in [0.25, 0.3) is 0 Å². The molecule has 0 bridgehead atoms. The number of carbonyl (C=O) groups is 1. The van der Waals surface area contributed by atoms with E-state index in [0.29, 0.717) is 23.8 Å². The Balaban J connectivity index is 1.89. The summed E-state index contributed by atoms with van der Waals surface area (Å²) >= 11 is 1.79. The molecule has 1 aromatic heterocycles. The van der Waals surface area contributed by atoms with Crippen LogP contribution in [0.4, 0.5) is 0 Å². The average molecular weight is 390 g/mol. The highest BCUT2D eigenvalue weighted by Gasteiger charge is 2.13. The molecule has 1 unspecified atom stereocenters. The SMILES string of the molecule is CN=C(NCc1ccc(OC)c(C(=O)OC)c1)NCC(C)Cc1cccs1. The molecule has 27 heavy (non-hydrogen) atoms. The molecule has 6 nitrogen and oxygen atoms in total. The summed E-state index contributed by atoms with van der Waals surface area (Å²) in [7, 11) is 4.63. The fourth-order valence-electron chi connectivity index (χ4n) is 2.66. The lowest BCUT2D eigenvalue weighted by molar-refractivity contribution is 0.0597. The van der Waals surface area contributed by atoms with E-state index in [-0.39, 0.29) is 0 Å². The topological polar surface area (TPSA) is 72.0 Å². The van der Waals surface area contributed by atoms with Crippen molar-refractivity contribution in [2.75, 3.05) is 27.8 Å². The van der Waals surface area contributed by atoms with Crippen molar-refractivity contribution in [2.24, 2.45) is 10.9 Å². The Labute approximate surface area is 164 Å². The maximum absolute atomic E-state index is 11.9. The molecule has 7 heteroatoms. The number of nitrogens with one attached hydrogen (secondary N) is 2. The van der Waals surface area contributed by atoms with Crippen molar-refractivity contribution in [1.29, 1.82) is 0 Å². The fourth-order valence-corrected chi connectivity index (χ4v) is 3.53. The van der Waals surface area contributed by atoms with E-state index in [1.165, 1.54) is 19.1 Å². The van der Waals surface area contributed by atoms with Crippen LogP contribution in [-0.4, -0.2) is 39.7 Å². The van der Waals surface area contributed by atoms with E-state index in [4.69, 9.17) is 9.47 Å². The number of ether oxygens (including phenoxy) is 2. The van der Waals surface area contributed by atoms with E-state index in [9.17, 15) is 4.79 Å². The molecule has 0 fully saturated rings. The summed E-state index contributed by atoms with van der Waals surface area (Å²) < 4.78 is 10.0. The van der Waals surface area contributed by atoms with Gasteiger partial charge in [-0.3, -0.25) is 4.99 Å². The Morgan fingerprint density at radius 1 is 1.26 bits per heavy atom. The molecule has 1 aromatic carbocycles. The predicted octanol–water partition coefficient (Wildman–Crippen LogP) is 3.09. The Bertz CT molecular complexity index is 760. The summed E-state index contributed by atoms with van der Waals surface area (Å²) in [6, 6.07) is 9.69. The van der Waals surface area contributed by atoms with Crippen molar-refractivity contribution in [2.45, 2.75) is 19.9 Å². The second-order valence-electron chi connectivity index (χ2n) is 6.22. The predicted molar refractivity (Wildman–Crippen MR) is 110 cm³/mol. The van der Waals surface area contributed by atoms with Crippen molar-refractivity contribution < 1.29 is 14.3 Å². The molecule has 0 saturated heterocycles. The number of hydrogen-bond acceptors (Lipinski definition) is 5. The zero-order chi connectivity index (χ0) is 19.6. The van der Waals surface area contributed by atoms with Crippen molar-refractivity contribution >= 4 is 23.3 Å². The van der Waals surface area contributed by atoms with Gasteiger partial charge in [0.15, 0.2) is 5.96 Å². The molecule has 146 valence electrons. The van der Waals surface area contributed by atoms with Gasteiger partial charge in [-0.25, -0.2) is 4.79 Å². The number of rotatable bonds is 8. The summed E-state index contributed by atoms with van der Waals surface area (Å²) in [4.78, 5) is 17.5. The molecule has 0 saturated carbocycles. The van der Waals surface area contributed by atoms with Gasteiger partial charge in [0, 0.05) is 25.0 Å². The van der Waals surface area contributed by atoms with Gasteiger partial charge in [-0.15, -0.1) is 11.3 Å². The molecule has 0 amide bonds. The highest BCUT2D eigenvalue weighted by Crippen LogP contribution is 2.20. The molecule has 0 aliphatic rings. The van der Waals surface area contributed by atoms with Gasteiger partial charge in [-0.05, 0) is 41.5 Å². The number of benzene rings is 1. The molecular formula is C20H27N3O3S. The monoisotopic (exact) mass is 389 g/mol. The van der Waals surface area contributed by atoms with Gasteiger partial charge in [-0.2, -0.15) is 0 Å². The lowest BCUT2D eigenvalue weighted by atomic mass is 10.1. The molecule has 0 aliphatic heterocycles. The van der Waals surface area contributed by atoms with E-state index < -0.39 is 5.97 Å². The molecule has 0 radical (unpaired) electrons. The number of thiophene rings is 1. The minimum atomic E-state index is -0.418. The third kappa shape index (κ3) is 6.29. The standard InChI is InChI=1S/C20H27N3O3S/c1-14(10-16-6-5-9-27-16)12-22-20(21-2)23-13-15-7-8-18(25-3)17(11-15)19(24)26-4/h5-9,11,14H,10,12-13H2,1-4H3,(H2,21,22,23). The first-order chi connectivity index (χ1) is 13.1. The molecule has 2 N–H and O–H groups in total. The minimum Gasteiger partial charge on any atom is -0.496 e. The quantitative estimate of drug-likeness (QED) is 0.412. The smallest absolute Gasteiger partial charge is 0.341 e. The maximum Gasteiger partial charge on any atom is 0.341 e. The van der Waals surface area contributed by atoms with Gasteiger partial charge in [0.05, 0.1) is 14.2 Å². The average Bonchev–Trinajstić information content (AvgIpc) is 3.20. The Kier molecular flexibility index (Phi) is 8.13. The third-order valence-corrected chi connectivity index (χ3v) is 5.00. The number of nitrogens with zero attached hydrogens (tertiary/aromatic N) is 1. The second kappa shape index (κ2) is 10.6. The van der Waals surface area contributed by atoms with Gasteiger partial charge in [0.1, 0.15) is 11.3 Å². The van der Waals surface area contributed by atoms with E-state index in [0.717, 1.165) is 24.5 Å². The first-order valence-corrected chi connectivity index (χ1v) is 9.67. The molecule has 2 aromatic rings. The van der Waals surface area contributed by atoms with Crippen molar-refractivity contribution in [3.8, 4) is 5.75 Å². The molecule has 1 heterocycles. The van der Waals surface area contributed by atoms with Crippen LogP contribution in [0, 0.1) is 5.92 Å². The molecule has 1 atom stereocenters. The Morgan fingerprint density at radius 2 is 2.07 bits per heavy atom. The zero-order valence-corrected chi connectivity index (χ0v) is 17.1. The lowest BCUT2D eigenvalue weighted by Gasteiger charge is -2.16. The summed E-state index contributed by atoms with van der Waals surface area (Å²) in [5, 5.41) is 8.72. The fraction of sp³-hybridized carbons (Fsp3) is 0.400. The highest BCUT2D eigenvalue weighted by molar-refractivity contribution is 7.09. The largest absolute Gasteiger partial charge is 0.496 e. The summed E-state index contributed by atoms with van der Waals surface area (Å²) in [5.41, 5.74) is 1.35. The number of esters is 1. The zero-order valence-electron chi connectivity index (χ0n) is 16.2. The van der Waals surface area contributed by atoms with Gasteiger partial charge in [0.2, 0.25) is 0 Å². The first-order valence-electron chi connectivity index (χ1n) is 8.79. The highest BCUT2D eigenvalue weighted by atomic mass is 32.1. The van der Waals surface area contributed by atoms with Crippen molar-refractivity contribution in [3.63, 3.8) is 0 Å². The molecular weight excluding hydrogens is 362 g/mol. The summed E-state index contributed by atoms with van der Waals surface area (Å²) in [6.07, 6.45) is 1.04. The molecule has 0 spiro atoms. The van der Waals surface area contributed by atoms with Crippen LogP contribution in [0.1, 0.15) is 27.7 Å². The number of hydrogen-bond donors (Lipinski definition) is 2. The lowest BCUT2D eigenvalue weighted by Crippen LogP contribution is -2.39. The van der Waals surface area contributed by atoms with Crippen LogP contribution in [0.15, 0.2) is 40.7 Å². The number of carbonyl (C=O) groups excluding carboxylic acids is 1. The Hall–Kier alpha value is -2.54. The number of guanidine groups is 1. The third-order valence-electron chi connectivity index (χ3n) is 4.10. The molecule has 0 aliphatic carbocycles. The first kappa shape index (κ1) is 20.8. The normalized spacial score (nSPS) is 12.4. The van der Waals surface area contributed by atoms with Crippen LogP contribution in [0.25, 0.3) is 0 Å². The number of methoxy groups -OCH3 is 2. The van der Waals surface area contributed by atoms with E-state index >= 15 is 0 Å². The van der Waals surface area contributed by atoms with Crippen LogP contribution in [0.5, 0.6) is 5.75 Å². The van der Waals surface area contributed by atoms with Gasteiger partial charge < -0.3 is 20.1 Å². The van der Waals surface area contributed by atoms with E-state index in [1.807, 2.05) is 6.07 Å². The van der Waals surface area contributed by atoms with Crippen molar-refractivity contribution in [3.05, 3.63) is 51.7 Å². The van der Waals surface area contributed by atoms with Crippen LogP contribution < -0.4 is 15.4 Å². The van der Waals surface area contributed by atoms with Crippen LogP contribution in [-0.2, 0) is 17.7 Å².